The molecule has 3 rings (SSSR count). The summed E-state index contributed by atoms with van der Waals surface area (Å²) in [6, 6.07) is 14.2. The van der Waals surface area contributed by atoms with Crippen LogP contribution in [-0.2, 0) is 20.0 Å². The third kappa shape index (κ3) is 4.91. The summed E-state index contributed by atoms with van der Waals surface area (Å²) in [6.07, 6.45) is 0. The van der Waals surface area contributed by atoms with Gasteiger partial charge in [0, 0.05) is 36.0 Å². The topological polar surface area (TPSA) is 127 Å². The first kappa shape index (κ1) is 21.2. The van der Waals surface area contributed by atoms with E-state index in [2.05, 4.69) is 11.3 Å². The van der Waals surface area contributed by atoms with E-state index in [-0.39, 0.29) is 29.5 Å². The van der Waals surface area contributed by atoms with E-state index in [1.54, 1.807) is 0 Å². The summed E-state index contributed by atoms with van der Waals surface area (Å²) >= 11 is 0. The van der Waals surface area contributed by atoms with Gasteiger partial charge < -0.3 is 4.90 Å². The zero-order chi connectivity index (χ0) is 21.2. The lowest BCUT2D eigenvalue weighted by Gasteiger charge is -2.18. The lowest BCUT2D eigenvalue weighted by molar-refractivity contribution is 0.0788. The molecule has 2 aromatic carbocycles. The normalized spacial score (nSPS) is 19.8. The standard InChI is InChI=1S/C19H21N3O5S2/c1-2-28(24,25)21-18-13-22(12-17(18)14-7-4-3-5-8-14)19(23)15-9-6-10-16(11-15)29(20,26)27/h2-11,17-18,21H,1,12-13H2,(H2,20,26,27)/t17-,18+/m0/s1. The van der Waals surface area contributed by atoms with Crippen LogP contribution < -0.4 is 9.86 Å². The van der Waals surface area contributed by atoms with Gasteiger partial charge in [-0.05, 0) is 23.8 Å². The molecule has 1 fully saturated rings. The van der Waals surface area contributed by atoms with E-state index in [0.29, 0.717) is 0 Å². The summed E-state index contributed by atoms with van der Waals surface area (Å²) in [4.78, 5) is 14.3. The largest absolute Gasteiger partial charge is 0.336 e. The van der Waals surface area contributed by atoms with Crippen LogP contribution in [-0.4, -0.2) is 46.8 Å². The lowest BCUT2D eigenvalue weighted by atomic mass is 9.95. The first-order valence-electron chi connectivity index (χ1n) is 8.72. The molecule has 0 radical (unpaired) electrons. The van der Waals surface area contributed by atoms with Crippen LogP contribution in [0.5, 0.6) is 0 Å². The molecule has 2 atom stereocenters. The Bertz CT molecular complexity index is 1130. The number of carbonyl (C=O) groups is 1. The maximum absolute atomic E-state index is 13.0. The Hall–Kier alpha value is -2.53. The van der Waals surface area contributed by atoms with Crippen molar-refractivity contribution in [1.82, 2.24) is 9.62 Å². The molecule has 154 valence electrons. The monoisotopic (exact) mass is 435 g/mol. The Morgan fingerprint density at radius 2 is 1.76 bits per heavy atom. The van der Waals surface area contributed by atoms with E-state index in [1.165, 1.54) is 29.2 Å². The first-order chi connectivity index (χ1) is 13.6. The lowest BCUT2D eigenvalue weighted by Crippen LogP contribution is -2.39. The van der Waals surface area contributed by atoms with Crippen LogP contribution in [0.25, 0.3) is 0 Å². The number of hydrogen-bond acceptors (Lipinski definition) is 5. The number of nitrogens with two attached hydrogens (primary N) is 1. The van der Waals surface area contributed by atoms with Crippen molar-refractivity contribution < 1.29 is 21.6 Å². The number of likely N-dealkylation sites (tertiary alicyclic amines) is 1. The van der Waals surface area contributed by atoms with Crippen LogP contribution in [0.2, 0.25) is 0 Å². The molecule has 2 aromatic rings. The van der Waals surface area contributed by atoms with Crippen molar-refractivity contribution in [3.63, 3.8) is 0 Å². The van der Waals surface area contributed by atoms with E-state index in [4.69, 9.17) is 5.14 Å². The Morgan fingerprint density at radius 3 is 2.38 bits per heavy atom. The van der Waals surface area contributed by atoms with Crippen molar-refractivity contribution in [3.05, 3.63) is 77.7 Å². The van der Waals surface area contributed by atoms with Crippen molar-refractivity contribution in [2.75, 3.05) is 13.1 Å². The fourth-order valence-corrected chi connectivity index (χ4v) is 4.69. The summed E-state index contributed by atoms with van der Waals surface area (Å²) in [7, 11) is -7.65. The molecule has 1 aliphatic heterocycles. The van der Waals surface area contributed by atoms with Crippen molar-refractivity contribution >= 4 is 26.0 Å². The second-order valence-electron chi connectivity index (χ2n) is 6.74. The van der Waals surface area contributed by atoms with Crippen LogP contribution in [0.3, 0.4) is 0 Å². The van der Waals surface area contributed by atoms with Crippen LogP contribution in [0.15, 0.2) is 71.5 Å². The molecule has 0 bridgehead atoms. The highest BCUT2D eigenvalue weighted by atomic mass is 32.2. The fraction of sp³-hybridized carbons (Fsp3) is 0.211. The SMILES string of the molecule is C=CS(=O)(=O)N[C@@H]1CN(C(=O)c2cccc(S(N)(=O)=O)c2)C[C@H]1c1ccccc1. The van der Waals surface area contributed by atoms with Crippen LogP contribution in [0.1, 0.15) is 21.8 Å². The van der Waals surface area contributed by atoms with Crippen molar-refractivity contribution in [2.45, 2.75) is 16.9 Å². The van der Waals surface area contributed by atoms with Gasteiger partial charge in [0.2, 0.25) is 20.0 Å². The van der Waals surface area contributed by atoms with E-state index in [1.807, 2.05) is 30.3 Å². The molecule has 1 aliphatic rings. The summed E-state index contributed by atoms with van der Waals surface area (Å²) in [5.74, 6) is -0.673. The third-order valence-electron chi connectivity index (χ3n) is 4.78. The number of rotatable bonds is 6. The maximum Gasteiger partial charge on any atom is 0.253 e. The summed E-state index contributed by atoms with van der Waals surface area (Å²) in [5.41, 5.74) is 1.05. The summed E-state index contributed by atoms with van der Waals surface area (Å²) < 4.78 is 49.8. The number of hydrogen-bond donors (Lipinski definition) is 2. The van der Waals surface area contributed by atoms with E-state index in [0.717, 1.165) is 11.0 Å². The smallest absolute Gasteiger partial charge is 0.253 e. The maximum atomic E-state index is 13.0. The molecule has 3 N–H and O–H groups in total. The number of sulfonamides is 2. The Kier molecular flexibility index (Phi) is 5.90. The van der Waals surface area contributed by atoms with Gasteiger partial charge in [0.25, 0.3) is 5.91 Å². The van der Waals surface area contributed by atoms with Gasteiger partial charge in [-0.15, -0.1) is 0 Å². The average Bonchev–Trinajstić information content (AvgIpc) is 3.10. The molecular weight excluding hydrogens is 414 g/mol. The number of benzene rings is 2. The third-order valence-corrected chi connectivity index (χ3v) is 6.76. The molecule has 0 aliphatic carbocycles. The molecular formula is C19H21N3O5S2. The van der Waals surface area contributed by atoms with E-state index in [9.17, 15) is 21.6 Å². The highest BCUT2D eigenvalue weighted by Gasteiger charge is 2.38. The van der Waals surface area contributed by atoms with E-state index < -0.39 is 32.0 Å². The molecule has 10 heteroatoms. The van der Waals surface area contributed by atoms with Gasteiger partial charge in [-0.2, -0.15) is 0 Å². The number of nitrogens with one attached hydrogen (secondary N) is 1. The average molecular weight is 436 g/mol. The minimum atomic E-state index is -3.95. The van der Waals surface area contributed by atoms with Gasteiger partial charge in [0.05, 0.1) is 4.90 Å². The second kappa shape index (κ2) is 8.07. The van der Waals surface area contributed by atoms with Crippen molar-refractivity contribution in [1.29, 1.82) is 0 Å². The number of amides is 1. The highest BCUT2D eigenvalue weighted by molar-refractivity contribution is 7.92. The molecule has 0 unspecified atom stereocenters. The quantitative estimate of drug-likeness (QED) is 0.700. The summed E-state index contributed by atoms with van der Waals surface area (Å²) in [5, 5.41) is 5.97. The van der Waals surface area contributed by atoms with Gasteiger partial charge in [0.1, 0.15) is 0 Å². The number of nitrogens with zero attached hydrogens (tertiary/aromatic N) is 1. The van der Waals surface area contributed by atoms with Gasteiger partial charge in [-0.25, -0.2) is 26.7 Å². The molecule has 29 heavy (non-hydrogen) atoms. The van der Waals surface area contributed by atoms with Gasteiger partial charge >= 0.3 is 0 Å². The molecule has 8 nitrogen and oxygen atoms in total. The number of primary sulfonamides is 1. The highest BCUT2D eigenvalue weighted by Crippen LogP contribution is 2.29. The molecule has 0 aromatic heterocycles. The molecule has 0 saturated carbocycles. The molecule has 1 amide bonds. The molecule has 1 saturated heterocycles. The minimum absolute atomic E-state index is 0.130. The Labute approximate surface area is 170 Å². The van der Waals surface area contributed by atoms with Gasteiger partial charge in [0.15, 0.2) is 0 Å². The van der Waals surface area contributed by atoms with Gasteiger partial charge in [-0.1, -0.05) is 43.0 Å². The van der Waals surface area contributed by atoms with Crippen LogP contribution in [0, 0.1) is 0 Å². The van der Waals surface area contributed by atoms with Crippen LogP contribution >= 0.6 is 0 Å². The zero-order valence-electron chi connectivity index (χ0n) is 15.4. The van der Waals surface area contributed by atoms with Crippen molar-refractivity contribution in [2.24, 2.45) is 5.14 Å². The zero-order valence-corrected chi connectivity index (χ0v) is 17.1. The Morgan fingerprint density at radius 1 is 1.07 bits per heavy atom. The van der Waals surface area contributed by atoms with Crippen LogP contribution in [0.4, 0.5) is 0 Å². The van der Waals surface area contributed by atoms with Crippen molar-refractivity contribution in [3.8, 4) is 0 Å². The second-order valence-corrected chi connectivity index (χ2v) is 9.96. The predicted octanol–water partition coefficient (Wildman–Crippen LogP) is 1.01. The molecule has 0 spiro atoms. The van der Waals surface area contributed by atoms with E-state index >= 15 is 0 Å². The summed E-state index contributed by atoms with van der Waals surface area (Å²) in [6.45, 7) is 3.71. The van der Waals surface area contributed by atoms with Gasteiger partial charge in [-0.3, -0.25) is 4.79 Å². The first-order valence-corrected chi connectivity index (χ1v) is 11.8. The minimum Gasteiger partial charge on any atom is -0.336 e. The molecule has 1 heterocycles. The Balaban J connectivity index is 1.91. The number of carbonyl (C=O) groups excluding carboxylic acids is 1. The fourth-order valence-electron chi connectivity index (χ4n) is 3.37. The predicted molar refractivity (Wildman–Crippen MR) is 109 cm³/mol.